The molecule has 0 amide bonds. The molecule has 0 aliphatic carbocycles. The summed E-state index contributed by atoms with van der Waals surface area (Å²) in [7, 11) is 0. The highest BCUT2D eigenvalue weighted by Gasteiger charge is 2.10. The van der Waals surface area contributed by atoms with Crippen LogP contribution in [0.2, 0.25) is 0 Å². The number of nitrogens with zero attached hydrogens (tertiary/aromatic N) is 2. The molecule has 0 unspecified atom stereocenters. The van der Waals surface area contributed by atoms with Gasteiger partial charge in [-0.3, -0.25) is 0 Å². The number of hydrogen-bond donors (Lipinski definition) is 1. The highest BCUT2D eigenvalue weighted by molar-refractivity contribution is 7.10. The van der Waals surface area contributed by atoms with Crippen molar-refractivity contribution in [1.82, 2.24) is 9.69 Å². The molecule has 0 bridgehead atoms. The minimum absolute atomic E-state index is 1.10. The lowest BCUT2D eigenvalue weighted by atomic mass is 10.4. The quantitative estimate of drug-likeness (QED) is 0.665. The van der Waals surface area contributed by atoms with Crippen LogP contribution in [0.5, 0.6) is 0 Å². The van der Waals surface area contributed by atoms with Crippen LogP contribution < -0.4 is 10.2 Å². The zero-order valence-corrected chi connectivity index (χ0v) is 7.10. The Hall–Kier alpha value is -0.610. The van der Waals surface area contributed by atoms with E-state index in [-0.39, 0.29) is 0 Å². The number of nitrogens with one attached hydrogen (secondary N) is 1. The van der Waals surface area contributed by atoms with E-state index in [2.05, 4.69) is 20.7 Å². The van der Waals surface area contributed by atoms with Gasteiger partial charge in [-0.2, -0.15) is 4.37 Å². The Morgan fingerprint density at radius 1 is 1.45 bits per heavy atom. The molecule has 4 heteroatoms. The van der Waals surface area contributed by atoms with Crippen molar-refractivity contribution in [3.8, 4) is 0 Å². The highest BCUT2D eigenvalue weighted by Crippen LogP contribution is 2.18. The Bertz CT molecular complexity index is 203. The van der Waals surface area contributed by atoms with Gasteiger partial charge in [-0.15, -0.1) is 0 Å². The lowest BCUT2D eigenvalue weighted by molar-refractivity contribution is 0.592. The van der Waals surface area contributed by atoms with Crippen molar-refractivity contribution in [3.63, 3.8) is 0 Å². The van der Waals surface area contributed by atoms with Gasteiger partial charge < -0.3 is 10.2 Å². The van der Waals surface area contributed by atoms with Crippen LogP contribution in [-0.2, 0) is 0 Å². The van der Waals surface area contributed by atoms with Crippen molar-refractivity contribution in [1.29, 1.82) is 0 Å². The molecule has 0 radical (unpaired) electrons. The largest absolute Gasteiger partial charge is 0.360 e. The van der Waals surface area contributed by atoms with E-state index in [9.17, 15) is 0 Å². The van der Waals surface area contributed by atoms with Gasteiger partial charge in [0.1, 0.15) is 5.00 Å². The van der Waals surface area contributed by atoms with Gasteiger partial charge in [0.25, 0.3) is 0 Å². The fourth-order valence-electron chi connectivity index (χ4n) is 1.26. The van der Waals surface area contributed by atoms with Gasteiger partial charge in [0, 0.05) is 32.4 Å². The van der Waals surface area contributed by atoms with Gasteiger partial charge in [0.2, 0.25) is 0 Å². The van der Waals surface area contributed by atoms with Crippen LogP contribution in [0.4, 0.5) is 5.00 Å². The standard InChI is InChI=1S/C7H11N3S/c1-2-9-11-7(1)10-5-3-8-4-6-10/h1-2,8H,3-6H2. The van der Waals surface area contributed by atoms with Gasteiger partial charge in [0.15, 0.2) is 0 Å². The molecule has 60 valence electrons. The fourth-order valence-corrected chi connectivity index (χ4v) is 1.91. The summed E-state index contributed by atoms with van der Waals surface area (Å²) in [6, 6.07) is 2.08. The number of hydrogen-bond acceptors (Lipinski definition) is 4. The van der Waals surface area contributed by atoms with E-state index in [1.165, 1.54) is 5.00 Å². The van der Waals surface area contributed by atoms with Gasteiger partial charge in [-0.05, 0) is 17.6 Å². The Kier molecular flexibility index (Phi) is 2.05. The molecule has 2 heterocycles. The average molecular weight is 169 g/mol. The van der Waals surface area contributed by atoms with Crippen molar-refractivity contribution < 1.29 is 0 Å². The molecule has 3 nitrogen and oxygen atoms in total. The van der Waals surface area contributed by atoms with E-state index in [4.69, 9.17) is 0 Å². The maximum Gasteiger partial charge on any atom is 0.112 e. The van der Waals surface area contributed by atoms with Gasteiger partial charge >= 0.3 is 0 Å². The zero-order valence-electron chi connectivity index (χ0n) is 6.29. The molecule has 0 spiro atoms. The third-order valence-electron chi connectivity index (χ3n) is 1.85. The van der Waals surface area contributed by atoms with Crippen LogP contribution in [0, 0.1) is 0 Å². The second-order valence-corrected chi connectivity index (χ2v) is 3.40. The molecule has 0 aromatic carbocycles. The first-order valence-corrected chi connectivity index (χ1v) is 4.60. The Balaban J connectivity index is 2.04. The van der Waals surface area contributed by atoms with Crippen molar-refractivity contribution in [2.75, 3.05) is 31.1 Å². The predicted octanol–water partition coefficient (Wildman–Crippen LogP) is 0.553. The van der Waals surface area contributed by atoms with E-state index in [0.717, 1.165) is 26.2 Å². The fraction of sp³-hybridized carbons (Fsp3) is 0.571. The van der Waals surface area contributed by atoms with Crippen LogP contribution in [0.1, 0.15) is 0 Å². The summed E-state index contributed by atoms with van der Waals surface area (Å²) < 4.78 is 4.08. The van der Waals surface area contributed by atoms with E-state index >= 15 is 0 Å². The molecule has 2 rings (SSSR count). The van der Waals surface area contributed by atoms with Crippen LogP contribution in [-0.4, -0.2) is 30.6 Å². The summed E-state index contributed by atoms with van der Waals surface area (Å²) in [5.74, 6) is 0. The normalized spacial score (nSPS) is 18.7. The Labute approximate surface area is 70.2 Å². The molecule has 0 saturated carbocycles. The van der Waals surface area contributed by atoms with Crippen LogP contribution in [0.3, 0.4) is 0 Å². The molecule has 1 aromatic heterocycles. The van der Waals surface area contributed by atoms with Gasteiger partial charge in [-0.1, -0.05) is 0 Å². The summed E-state index contributed by atoms with van der Waals surface area (Å²) in [5, 5.41) is 4.62. The molecule has 1 saturated heterocycles. The van der Waals surface area contributed by atoms with Gasteiger partial charge in [-0.25, -0.2) is 0 Å². The number of aromatic nitrogens is 1. The zero-order chi connectivity index (χ0) is 7.52. The summed E-state index contributed by atoms with van der Waals surface area (Å²) in [6.07, 6.45) is 1.86. The first-order valence-electron chi connectivity index (χ1n) is 3.83. The number of anilines is 1. The maximum atomic E-state index is 4.08. The summed E-state index contributed by atoms with van der Waals surface area (Å²) in [5.41, 5.74) is 0. The van der Waals surface area contributed by atoms with Crippen molar-refractivity contribution in [2.45, 2.75) is 0 Å². The lowest BCUT2D eigenvalue weighted by Crippen LogP contribution is -2.43. The number of piperazine rings is 1. The molecular weight excluding hydrogens is 158 g/mol. The van der Waals surface area contributed by atoms with Crippen molar-refractivity contribution in [2.24, 2.45) is 0 Å². The van der Waals surface area contributed by atoms with Crippen molar-refractivity contribution >= 4 is 16.5 Å². The van der Waals surface area contributed by atoms with Crippen LogP contribution >= 0.6 is 11.5 Å². The van der Waals surface area contributed by atoms with E-state index in [0.29, 0.717) is 0 Å². The predicted molar refractivity (Wildman–Crippen MR) is 47.2 cm³/mol. The average Bonchev–Trinajstić information content (AvgIpc) is 2.58. The summed E-state index contributed by atoms with van der Waals surface area (Å²) in [6.45, 7) is 4.42. The second-order valence-electron chi connectivity index (χ2n) is 2.59. The first-order chi connectivity index (χ1) is 5.47. The molecule has 1 aliphatic heterocycles. The molecule has 11 heavy (non-hydrogen) atoms. The third-order valence-corrected chi connectivity index (χ3v) is 2.66. The van der Waals surface area contributed by atoms with Crippen LogP contribution in [0.25, 0.3) is 0 Å². The minimum atomic E-state index is 1.10. The topological polar surface area (TPSA) is 28.2 Å². The molecule has 1 aromatic rings. The smallest absolute Gasteiger partial charge is 0.112 e. The molecule has 1 N–H and O–H groups in total. The first kappa shape index (κ1) is 7.06. The van der Waals surface area contributed by atoms with Crippen LogP contribution in [0.15, 0.2) is 12.3 Å². The third kappa shape index (κ3) is 1.52. The Morgan fingerprint density at radius 2 is 2.27 bits per heavy atom. The SMILES string of the molecule is c1cc(N2CCNCC2)sn1. The molecule has 1 aliphatic rings. The summed E-state index contributed by atoms with van der Waals surface area (Å²) in [4.78, 5) is 2.37. The monoisotopic (exact) mass is 169 g/mol. The van der Waals surface area contributed by atoms with Gasteiger partial charge in [0.05, 0.1) is 0 Å². The summed E-state index contributed by atoms with van der Waals surface area (Å²) >= 11 is 1.58. The number of rotatable bonds is 1. The van der Waals surface area contributed by atoms with E-state index < -0.39 is 0 Å². The maximum absolute atomic E-state index is 4.08. The second kappa shape index (κ2) is 3.19. The highest BCUT2D eigenvalue weighted by atomic mass is 32.1. The minimum Gasteiger partial charge on any atom is -0.360 e. The molecule has 0 atom stereocenters. The van der Waals surface area contributed by atoms with Crippen molar-refractivity contribution in [3.05, 3.63) is 12.3 Å². The molecular formula is C7H11N3S. The van der Waals surface area contributed by atoms with E-state index in [1.54, 1.807) is 11.5 Å². The molecule has 1 fully saturated rings. The lowest BCUT2D eigenvalue weighted by Gasteiger charge is -2.27. The van der Waals surface area contributed by atoms with E-state index in [1.807, 2.05) is 6.20 Å². The Morgan fingerprint density at radius 3 is 2.91 bits per heavy atom.